The maximum absolute atomic E-state index is 12.5. The number of aliphatic hydroxyl groups is 1. The second-order valence-electron chi connectivity index (χ2n) is 4.94. The van der Waals surface area contributed by atoms with Gasteiger partial charge in [-0.15, -0.1) is 0 Å². The molecule has 5 heteroatoms. The summed E-state index contributed by atoms with van der Waals surface area (Å²) in [5.74, 6) is 7.13. The third-order valence-corrected chi connectivity index (χ3v) is 4.12. The van der Waals surface area contributed by atoms with Crippen molar-refractivity contribution in [1.82, 2.24) is 0 Å². The van der Waals surface area contributed by atoms with Gasteiger partial charge >= 0.3 is 7.60 Å². The molecule has 0 fully saturated rings. The average Bonchev–Trinajstić information content (AvgIpc) is 2.32. The highest BCUT2D eigenvalue weighted by molar-refractivity contribution is 7.57. The van der Waals surface area contributed by atoms with Crippen LogP contribution in [0.4, 0.5) is 0 Å². The topological polar surface area (TPSA) is 55.8 Å². The van der Waals surface area contributed by atoms with Gasteiger partial charge in [0.2, 0.25) is 0 Å². The second kappa shape index (κ2) is 9.37. The number of hydrogen-bond donors (Lipinski definition) is 1. The van der Waals surface area contributed by atoms with Gasteiger partial charge in [0, 0.05) is 11.4 Å². The zero-order chi connectivity index (χ0) is 15.6. The first-order valence-electron chi connectivity index (χ1n) is 7.12. The van der Waals surface area contributed by atoms with Crippen LogP contribution in [0.5, 0.6) is 0 Å². The molecule has 20 heavy (non-hydrogen) atoms. The molecule has 1 N–H and O–H groups in total. The van der Waals surface area contributed by atoms with Gasteiger partial charge in [0.1, 0.15) is 5.60 Å². The van der Waals surface area contributed by atoms with Gasteiger partial charge in [0.05, 0.1) is 13.2 Å². The first kappa shape index (κ1) is 19.4. The Balaban J connectivity index is 5.29. The molecule has 0 bridgehead atoms. The summed E-state index contributed by atoms with van der Waals surface area (Å²) < 4.78 is 22.9. The van der Waals surface area contributed by atoms with Crippen molar-refractivity contribution in [3.8, 4) is 11.8 Å². The third-order valence-electron chi connectivity index (χ3n) is 2.26. The fraction of sp³-hybridized carbons (Fsp3) is 0.733. The van der Waals surface area contributed by atoms with Crippen molar-refractivity contribution in [3.05, 3.63) is 11.4 Å². The minimum Gasteiger partial charge on any atom is -0.378 e. The molecule has 4 nitrogen and oxygen atoms in total. The van der Waals surface area contributed by atoms with Gasteiger partial charge in [0.15, 0.2) is 0 Å². The molecule has 0 unspecified atom stereocenters. The highest BCUT2D eigenvalue weighted by Crippen LogP contribution is 2.50. The van der Waals surface area contributed by atoms with Crippen molar-refractivity contribution in [2.75, 3.05) is 13.2 Å². The van der Waals surface area contributed by atoms with Crippen molar-refractivity contribution >= 4 is 7.60 Å². The van der Waals surface area contributed by atoms with Crippen molar-refractivity contribution in [2.45, 2.75) is 59.5 Å². The van der Waals surface area contributed by atoms with Crippen LogP contribution in [0.25, 0.3) is 0 Å². The predicted molar refractivity (Wildman–Crippen MR) is 82.5 cm³/mol. The summed E-state index contributed by atoms with van der Waals surface area (Å²) in [5.41, 5.74) is -0.383. The van der Waals surface area contributed by atoms with Gasteiger partial charge in [-0.3, -0.25) is 4.57 Å². The van der Waals surface area contributed by atoms with Crippen LogP contribution in [-0.4, -0.2) is 23.9 Å². The Morgan fingerprint density at radius 3 is 2.20 bits per heavy atom. The molecule has 0 radical (unpaired) electrons. The Labute approximate surface area is 123 Å². The minimum absolute atomic E-state index is 0.313. The van der Waals surface area contributed by atoms with Gasteiger partial charge in [0.25, 0.3) is 0 Å². The summed E-state index contributed by atoms with van der Waals surface area (Å²) in [6, 6.07) is 0. The van der Waals surface area contributed by atoms with Crippen LogP contribution in [0.1, 0.15) is 53.9 Å². The van der Waals surface area contributed by atoms with Crippen LogP contribution in [-0.2, 0) is 13.6 Å². The van der Waals surface area contributed by atoms with Gasteiger partial charge in [-0.25, -0.2) is 0 Å². The summed E-state index contributed by atoms with van der Waals surface area (Å²) in [6.45, 7) is 9.47. The Bertz CT molecular complexity index is 400. The molecule has 0 aliphatic heterocycles. The van der Waals surface area contributed by atoms with E-state index in [2.05, 4.69) is 18.8 Å². The molecule has 0 aromatic carbocycles. The van der Waals surface area contributed by atoms with Gasteiger partial charge in [-0.1, -0.05) is 25.2 Å². The Morgan fingerprint density at radius 1 is 1.25 bits per heavy atom. The number of hydrogen-bond acceptors (Lipinski definition) is 4. The van der Waals surface area contributed by atoms with Crippen LogP contribution in [0.2, 0.25) is 0 Å². The lowest BCUT2D eigenvalue weighted by atomic mass is 10.1. The molecule has 0 aromatic heterocycles. The van der Waals surface area contributed by atoms with E-state index in [9.17, 15) is 9.67 Å². The lowest BCUT2D eigenvalue weighted by molar-refractivity contribution is 0.143. The molecule has 0 rings (SSSR count). The monoisotopic (exact) mass is 302 g/mol. The van der Waals surface area contributed by atoms with E-state index in [4.69, 9.17) is 9.05 Å². The van der Waals surface area contributed by atoms with Gasteiger partial charge < -0.3 is 14.2 Å². The molecule has 116 valence electrons. The molecular weight excluding hydrogens is 275 g/mol. The summed E-state index contributed by atoms with van der Waals surface area (Å²) in [6.07, 6.45) is 2.64. The fourth-order valence-corrected chi connectivity index (χ4v) is 2.94. The maximum Gasteiger partial charge on any atom is 0.355 e. The lowest BCUT2D eigenvalue weighted by Crippen LogP contribution is -2.14. The van der Waals surface area contributed by atoms with Crippen molar-refractivity contribution < 1.29 is 18.7 Å². The van der Waals surface area contributed by atoms with Gasteiger partial charge in [-0.2, -0.15) is 0 Å². The smallest absolute Gasteiger partial charge is 0.355 e. The molecule has 0 aliphatic rings. The van der Waals surface area contributed by atoms with E-state index in [0.29, 0.717) is 25.2 Å². The third kappa shape index (κ3) is 9.34. The Morgan fingerprint density at radius 2 is 1.80 bits per heavy atom. The van der Waals surface area contributed by atoms with Gasteiger partial charge in [-0.05, 0) is 40.5 Å². The normalized spacial score (nSPS) is 13.0. The lowest BCUT2D eigenvalue weighted by Gasteiger charge is -2.14. The van der Waals surface area contributed by atoms with E-state index in [1.54, 1.807) is 27.7 Å². The molecule has 0 heterocycles. The molecule has 0 aromatic rings. The van der Waals surface area contributed by atoms with Crippen molar-refractivity contribution in [3.63, 3.8) is 0 Å². The van der Waals surface area contributed by atoms with Crippen LogP contribution in [0, 0.1) is 11.8 Å². The molecule has 0 saturated carbocycles. The summed E-state index contributed by atoms with van der Waals surface area (Å²) in [7, 11) is -3.24. The average molecular weight is 302 g/mol. The first-order valence-corrected chi connectivity index (χ1v) is 8.73. The number of allylic oxidation sites excluding steroid dienone is 1. The minimum atomic E-state index is -3.24. The fourth-order valence-electron chi connectivity index (χ4n) is 1.42. The highest BCUT2D eigenvalue weighted by atomic mass is 31.2. The summed E-state index contributed by atoms with van der Waals surface area (Å²) >= 11 is 0. The van der Waals surface area contributed by atoms with Crippen LogP contribution in [0.3, 0.4) is 0 Å². The number of unbranched alkanes of at least 4 members (excludes halogenated alkanes) is 1. The molecule has 0 atom stereocenters. The quantitative estimate of drug-likeness (QED) is 0.542. The van der Waals surface area contributed by atoms with E-state index in [-0.39, 0.29) is 0 Å². The Kier molecular flexibility index (Phi) is 9.09. The molecular formula is C15H27O4P. The van der Waals surface area contributed by atoms with Crippen molar-refractivity contribution in [2.24, 2.45) is 0 Å². The van der Waals surface area contributed by atoms with Crippen molar-refractivity contribution in [1.29, 1.82) is 0 Å². The van der Waals surface area contributed by atoms with E-state index in [0.717, 1.165) is 12.8 Å². The SMILES string of the molecule is CCCC/C(C#CC(C)(C)O)=C/P(=O)(OCC)OCC. The molecule has 0 spiro atoms. The van der Waals surface area contributed by atoms with E-state index >= 15 is 0 Å². The zero-order valence-corrected chi connectivity index (χ0v) is 14.1. The van der Waals surface area contributed by atoms with E-state index in [1.807, 2.05) is 0 Å². The first-order chi connectivity index (χ1) is 9.26. The van der Waals surface area contributed by atoms with Crippen LogP contribution >= 0.6 is 7.60 Å². The second-order valence-corrected chi connectivity index (χ2v) is 6.80. The van der Waals surface area contributed by atoms with E-state index < -0.39 is 13.2 Å². The van der Waals surface area contributed by atoms with Crippen LogP contribution in [0.15, 0.2) is 11.4 Å². The standard InChI is InChI=1S/C15H27O4P/c1-6-9-10-14(11-12-15(4,5)16)13-20(17,18-7-2)19-8-3/h13,16H,6-10H2,1-5H3/b14-13-. The maximum atomic E-state index is 12.5. The Hall–Kier alpha value is -0.590. The summed E-state index contributed by atoms with van der Waals surface area (Å²) in [5, 5.41) is 9.66. The number of rotatable bonds is 8. The molecule has 0 aliphatic carbocycles. The molecule has 0 saturated heterocycles. The predicted octanol–water partition coefficient (Wildman–Crippen LogP) is 4.10. The van der Waals surface area contributed by atoms with E-state index in [1.165, 1.54) is 5.82 Å². The largest absolute Gasteiger partial charge is 0.378 e. The zero-order valence-electron chi connectivity index (χ0n) is 13.2. The summed E-state index contributed by atoms with van der Waals surface area (Å²) in [4.78, 5) is 0. The molecule has 0 amide bonds. The highest BCUT2D eigenvalue weighted by Gasteiger charge is 2.21. The van der Waals surface area contributed by atoms with Crippen LogP contribution < -0.4 is 0 Å².